The molecule has 144 valence electrons. The number of fused-ring (bicyclic) bond motifs is 1. The fourth-order valence-corrected chi connectivity index (χ4v) is 4.15. The van der Waals surface area contributed by atoms with Crippen molar-refractivity contribution >= 4 is 10.8 Å². The van der Waals surface area contributed by atoms with E-state index in [0.29, 0.717) is 0 Å². The third kappa shape index (κ3) is 7.14. The van der Waals surface area contributed by atoms with Crippen LogP contribution in [0.4, 0.5) is 0 Å². The van der Waals surface area contributed by atoms with Gasteiger partial charge in [-0.25, -0.2) is 0 Å². The van der Waals surface area contributed by atoms with Crippen LogP contribution in [0.25, 0.3) is 10.8 Å². The van der Waals surface area contributed by atoms with Gasteiger partial charge >= 0.3 is 0 Å². The van der Waals surface area contributed by atoms with Crippen LogP contribution < -0.4 is 0 Å². The lowest BCUT2D eigenvalue weighted by Crippen LogP contribution is -1.95. The Balaban J connectivity index is 1.61. The molecule has 2 rings (SSSR count). The van der Waals surface area contributed by atoms with Gasteiger partial charge in [0.1, 0.15) is 0 Å². The summed E-state index contributed by atoms with van der Waals surface area (Å²) in [7, 11) is 0. The molecule has 0 aliphatic carbocycles. The molecular weight excluding hydrogens is 312 g/mol. The van der Waals surface area contributed by atoms with Crippen LogP contribution in [0.1, 0.15) is 102 Å². The van der Waals surface area contributed by atoms with Crippen LogP contribution >= 0.6 is 0 Å². The average Bonchev–Trinajstić information content (AvgIpc) is 2.68. The SMILES string of the molecule is CCCCCCCCCCCCCCc1c(CC)ccc2ccccc12. The zero-order chi connectivity index (χ0) is 18.5. The highest BCUT2D eigenvalue weighted by molar-refractivity contribution is 5.86. The zero-order valence-electron chi connectivity index (χ0n) is 17.4. The van der Waals surface area contributed by atoms with E-state index >= 15 is 0 Å². The maximum Gasteiger partial charge on any atom is -0.0149 e. The molecule has 0 saturated heterocycles. The van der Waals surface area contributed by atoms with E-state index in [4.69, 9.17) is 0 Å². The largest absolute Gasteiger partial charge is 0.0654 e. The Bertz CT molecular complexity index is 610. The summed E-state index contributed by atoms with van der Waals surface area (Å²) in [5.74, 6) is 0. The van der Waals surface area contributed by atoms with E-state index in [-0.39, 0.29) is 0 Å². The number of benzene rings is 2. The van der Waals surface area contributed by atoms with E-state index in [2.05, 4.69) is 50.2 Å². The average molecular weight is 353 g/mol. The number of unbranched alkanes of at least 4 members (excludes halogenated alkanes) is 11. The summed E-state index contributed by atoms with van der Waals surface area (Å²) in [4.78, 5) is 0. The Morgan fingerprint density at radius 2 is 1.15 bits per heavy atom. The third-order valence-electron chi connectivity index (χ3n) is 5.80. The normalized spacial score (nSPS) is 11.3. The summed E-state index contributed by atoms with van der Waals surface area (Å²) in [5.41, 5.74) is 3.16. The monoisotopic (exact) mass is 352 g/mol. The van der Waals surface area contributed by atoms with Crippen LogP contribution in [0.5, 0.6) is 0 Å². The molecule has 2 aromatic rings. The molecule has 26 heavy (non-hydrogen) atoms. The summed E-state index contributed by atoms with van der Waals surface area (Å²) in [6.07, 6.45) is 19.5. The molecule has 0 aliphatic heterocycles. The van der Waals surface area contributed by atoms with E-state index in [1.54, 1.807) is 11.1 Å². The summed E-state index contributed by atoms with van der Waals surface area (Å²) >= 11 is 0. The molecule has 0 heteroatoms. The summed E-state index contributed by atoms with van der Waals surface area (Å²) in [6, 6.07) is 13.5. The van der Waals surface area contributed by atoms with Gasteiger partial charge in [0.25, 0.3) is 0 Å². The number of rotatable bonds is 14. The topological polar surface area (TPSA) is 0 Å². The second-order valence-corrected chi connectivity index (χ2v) is 7.92. The molecule has 0 radical (unpaired) electrons. The molecule has 0 unspecified atom stereocenters. The fourth-order valence-electron chi connectivity index (χ4n) is 4.15. The van der Waals surface area contributed by atoms with Crippen molar-refractivity contribution in [3.63, 3.8) is 0 Å². The Kier molecular flexibility index (Phi) is 10.5. The highest BCUT2D eigenvalue weighted by atomic mass is 14.1. The van der Waals surface area contributed by atoms with Gasteiger partial charge in [0, 0.05) is 0 Å². The molecule has 0 amide bonds. The van der Waals surface area contributed by atoms with Crippen LogP contribution in [0.2, 0.25) is 0 Å². The molecule has 0 spiro atoms. The van der Waals surface area contributed by atoms with E-state index in [9.17, 15) is 0 Å². The van der Waals surface area contributed by atoms with Crippen molar-refractivity contribution < 1.29 is 0 Å². The van der Waals surface area contributed by atoms with Crippen molar-refractivity contribution in [1.82, 2.24) is 0 Å². The van der Waals surface area contributed by atoms with Crippen molar-refractivity contribution in [2.24, 2.45) is 0 Å². The van der Waals surface area contributed by atoms with E-state index in [1.807, 2.05) is 0 Å². The first-order chi connectivity index (χ1) is 12.9. The van der Waals surface area contributed by atoms with E-state index in [1.165, 1.54) is 94.2 Å². The van der Waals surface area contributed by atoms with Gasteiger partial charge in [0.2, 0.25) is 0 Å². The minimum atomic E-state index is 1.15. The molecule has 0 bridgehead atoms. The van der Waals surface area contributed by atoms with Gasteiger partial charge < -0.3 is 0 Å². The Labute approximate surface area is 162 Å². The molecule has 0 fully saturated rings. The summed E-state index contributed by atoms with van der Waals surface area (Å²) in [6.45, 7) is 4.58. The quantitative estimate of drug-likeness (QED) is 0.298. The van der Waals surface area contributed by atoms with Gasteiger partial charge in [-0.15, -0.1) is 0 Å². The number of aryl methyl sites for hydroxylation is 2. The van der Waals surface area contributed by atoms with Crippen LogP contribution in [0.3, 0.4) is 0 Å². The lowest BCUT2D eigenvalue weighted by atomic mass is 9.93. The lowest BCUT2D eigenvalue weighted by Gasteiger charge is -2.12. The molecule has 0 N–H and O–H groups in total. The Hall–Kier alpha value is -1.30. The molecule has 2 aromatic carbocycles. The maximum absolute atomic E-state index is 2.35. The highest BCUT2D eigenvalue weighted by Gasteiger charge is 2.06. The van der Waals surface area contributed by atoms with Gasteiger partial charge in [-0.2, -0.15) is 0 Å². The third-order valence-corrected chi connectivity index (χ3v) is 5.80. The summed E-state index contributed by atoms with van der Waals surface area (Å²) < 4.78 is 0. The molecule has 0 nitrogen and oxygen atoms in total. The van der Waals surface area contributed by atoms with Gasteiger partial charge in [-0.05, 0) is 41.2 Å². The highest BCUT2D eigenvalue weighted by Crippen LogP contribution is 2.25. The lowest BCUT2D eigenvalue weighted by molar-refractivity contribution is 0.544. The van der Waals surface area contributed by atoms with Crippen LogP contribution in [0, 0.1) is 0 Å². The molecule has 0 saturated carbocycles. The van der Waals surface area contributed by atoms with E-state index < -0.39 is 0 Å². The molecular formula is C26H40. The molecule has 0 heterocycles. The number of hydrogen-bond donors (Lipinski definition) is 0. The first-order valence-corrected chi connectivity index (χ1v) is 11.4. The van der Waals surface area contributed by atoms with Gasteiger partial charge in [0.15, 0.2) is 0 Å². The Morgan fingerprint density at radius 3 is 1.77 bits per heavy atom. The van der Waals surface area contributed by atoms with Crippen LogP contribution in [0.15, 0.2) is 36.4 Å². The second kappa shape index (κ2) is 13.0. The van der Waals surface area contributed by atoms with E-state index in [0.717, 1.165) is 6.42 Å². The number of hydrogen-bond acceptors (Lipinski definition) is 0. The van der Waals surface area contributed by atoms with Gasteiger partial charge in [-0.3, -0.25) is 0 Å². The maximum atomic E-state index is 2.35. The fraction of sp³-hybridized carbons (Fsp3) is 0.615. The minimum absolute atomic E-state index is 1.15. The zero-order valence-corrected chi connectivity index (χ0v) is 17.4. The Morgan fingerprint density at radius 1 is 0.577 bits per heavy atom. The predicted octanol–water partition coefficient (Wildman–Crippen LogP) is 8.65. The molecule has 0 aliphatic rings. The van der Waals surface area contributed by atoms with Crippen LogP contribution in [-0.4, -0.2) is 0 Å². The standard InChI is InChI=1S/C26H40/c1-3-5-6-7-8-9-10-11-12-13-14-15-19-25-23(4-2)21-22-24-18-16-17-20-26(24)25/h16-18,20-22H,3-15,19H2,1-2H3. The molecule has 0 aromatic heterocycles. The van der Waals surface area contributed by atoms with Gasteiger partial charge in [-0.1, -0.05) is 121 Å². The van der Waals surface area contributed by atoms with Crippen molar-refractivity contribution in [1.29, 1.82) is 0 Å². The van der Waals surface area contributed by atoms with Crippen molar-refractivity contribution in [2.75, 3.05) is 0 Å². The smallest absolute Gasteiger partial charge is 0.0149 e. The second-order valence-electron chi connectivity index (χ2n) is 7.92. The summed E-state index contributed by atoms with van der Waals surface area (Å²) in [5, 5.41) is 2.88. The minimum Gasteiger partial charge on any atom is -0.0654 e. The molecule has 0 atom stereocenters. The van der Waals surface area contributed by atoms with Crippen LogP contribution in [-0.2, 0) is 12.8 Å². The first kappa shape index (κ1) is 21.0. The van der Waals surface area contributed by atoms with Gasteiger partial charge in [0.05, 0.1) is 0 Å². The first-order valence-electron chi connectivity index (χ1n) is 11.4. The van der Waals surface area contributed by atoms with Crippen molar-refractivity contribution in [3.05, 3.63) is 47.5 Å². The van der Waals surface area contributed by atoms with Crippen molar-refractivity contribution in [2.45, 2.75) is 104 Å². The predicted molar refractivity (Wildman–Crippen MR) is 118 cm³/mol. The van der Waals surface area contributed by atoms with Crippen molar-refractivity contribution in [3.8, 4) is 0 Å².